The van der Waals surface area contributed by atoms with Crippen LogP contribution < -0.4 is 0 Å². The van der Waals surface area contributed by atoms with Gasteiger partial charge >= 0.3 is 0 Å². The quantitative estimate of drug-likeness (QED) is 0.686. The molecule has 2 unspecified atom stereocenters. The maximum Gasteiger partial charge on any atom is 0.238 e. The first kappa shape index (κ1) is 11.6. The largest absolute Gasteiger partial charge is 0.392 e. The SMILES string of the molecule is O=S1(=O)CC(O)C(C2(S(=O)(=O)Cl)CC2)C1. The Morgan fingerprint density at radius 1 is 1.27 bits per heavy atom. The highest BCUT2D eigenvalue weighted by atomic mass is 35.7. The summed E-state index contributed by atoms with van der Waals surface area (Å²) in [6.07, 6.45) is -0.419. The average molecular weight is 275 g/mol. The zero-order valence-corrected chi connectivity index (χ0v) is 10.1. The van der Waals surface area contributed by atoms with Crippen LogP contribution in [0.4, 0.5) is 0 Å². The predicted octanol–water partition coefficient (Wildman–Crippen LogP) is -0.507. The minimum Gasteiger partial charge on any atom is -0.392 e. The van der Waals surface area contributed by atoms with E-state index in [-0.39, 0.29) is 11.5 Å². The smallest absolute Gasteiger partial charge is 0.238 e. The van der Waals surface area contributed by atoms with Crippen molar-refractivity contribution in [3.63, 3.8) is 0 Å². The second-order valence-electron chi connectivity index (χ2n) is 4.25. The zero-order chi connectivity index (χ0) is 11.5. The van der Waals surface area contributed by atoms with Crippen molar-refractivity contribution in [2.45, 2.75) is 23.7 Å². The highest BCUT2D eigenvalue weighted by molar-refractivity contribution is 8.15. The molecule has 0 bridgehead atoms. The lowest BCUT2D eigenvalue weighted by molar-refractivity contribution is 0.143. The summed E-state index contributed by atoms with van der Waals surface area (Å²) < 4.78 is 44.0. The van der Waals surface area contributed by atoms with E-state index in [2.05, 4.69) is 0 Å². The molecular weight excluding hydrogens is 264 g/mol. The zero-order valence-electron chi connectivity index (χ0n) is 7.76. The van der Waals surface area contributed by atoms with Crippen LogP contribution in [0.25, 0.3) is 0 Å². The Hall–Kier alpha value is 0.150. The second-order valence-corrected chi connectivity index (χ2v) is 9.31. The number of halogens is 1. The van der Waals surface area contributed by atoms with Crippen LogP contribution in [0.3, 0.4) is 0 Å². The fourth-order valence-corrected chi connectivity index (χ4v) is 6.33. The van der Waals surface area contributed by atoms with E-state index >= 15 is 0 Å². The van der Waals surface area contributed by atoms with E-state index in [9.17, 15) is 21.9 Å². The van der Waals surface area contributed by atoms with Crippen molar-refractivity contribution in [3.05, 3.63) is 0 Å². The van der Waals surface area contributed by atoms with Crippen LogP contribution >= 0.6 is 10.7 Å². The summed E-state index contributed by atoms with van der Waals surface area (Å²) in [5.74, 6) is -1.39. The Labute approximate surface area is 92.8 Å². The standard InChI is InChI=1S/C7H11ClO5S2/c8-15(12,13)7(1-2-7)5-3-14(10,11)4-6(5)9/h5-6,9H,1-4H2. The lowest BCUT2D eigenvalue weighted by atomic mass is 10.0. The van der Waals surface area contributed by atoms with Gasteiger partial charge in [0.2, 0.25) is 9.05 Å². The normalized spacial score (nSPS) is 37.7. The Morgan fingerprint density at radius 3 is 2.07 bits per heavy atom. The van der Waals surface area contributed by atoms with Gasteiger partial charge in [-0.25, -0.2) is 16.8 Å². The van der Waals surface area contributed by atoms with E-state index in [0.29, 0.717) is 12.8 Å². The number of sulfone groups is 1. The lowest BCUT2D eigenvalue weighted by Crippen LogP contribution is -2.36. The van der Waals surface area contributed by atoms with E-state index in [1.165, 1.54) is 0 Å². The van der Waals surface area contributed by atoms with Crippen molar-refractivity contribution in [3.8, 4) is 0 Å². The summed E-state index contributed by atoms with van der Waals surface area (Å²) in [5.41, 5.74) is 0. The van der Waals surface area contributed by atoms with Crippen LogP contribution in [-0.2, 0) is 18.9 Å². The van der Waals surface area contributed by atoms with Gasteiger partial charge in [0, 0.05) is 16.6 Å². The van der Waals surface area contributed by atoms with E-state index in [4.69, 9.17) is 10.7 Å². The van der Waals surface area contributed by atoms with Crippen LogP contribution in [0.2, 0.25) is 0 Å². The summed E-state index contributed by atoms with van der Waals surface area (Å²) in [7, 11) is -1.84. The molecule has 1 aliphatic carbocycles. The highest BCUT2D eigenvalue weighted by Crippen LogP contribution is 2.54. The third-order valence-corrected chi connectivity index (χ3v) is 7.55. The van der Waals surface area contributed by atoms with Crippen LogP contribution in [-0.4, -0.2) is 44.3 Å². The monoisotopic (exact) mass is 274 g/mol. The molecule has 1 saturated carbocycles. The molecule has 2 fully saturated rings. The number of hydrogen-bond donors (Lipinski definition) is 1. The van der Waals surface area contributed by atoms with E-state index in [1.807, 2.05) is 0 Å². The molecule has 0 aromatic heterocycles. The van der Waals surface area contributed by atoms with Crippen LogP contribution in [0.1, 0.15) is 12.8 Å². The number of aliphatic hydroxyl groups excluding tert-OH is 1. The molecule has 2 aliphatic rings. The van der Waals surface area contributed by atoms with Gasteiger partial charge in [-0.2, -0.15) is 0 Å². The van der Waals surface area contributed by atoms with Gasteiger partial charge in [0.1, 0.15) is 0 Å². The Bertz CT molecular complexity index is 476. The molecule has 15 heavy (non-hydrogen) atoms. The second kappa shape index (κ2) is 3.09. The van der Waals surface area contributed by atoms with Gasteiger partial charge in [-0.05, 0) is 12.8 Å². The molecule has 0 amide bonds. The summed E-state index contributed by atoms with van der Waals surface area (Å²) >= 11 is 0. The average Bonchev–Trinajstić information content (AvgIpc) is 2.73. The summed E-state index contributed by atoms with van der Waals surface area (Å²) in [5, 5.41) is 9.56. The molecule has 1 aliphatic heterocycles. The van der Waals surface area contributed by atoms with Gasteiger partial charge in [-0.3, -0.25) is 0 Å². The molecule has 5 nitrogen and oxygen atoms in total. The Morgan fingerprint density at radius 2 is 1.80 bits per heavy atom. The molecule has 8 heteroatoms. The first-order valence-corrected chi connectivity index (χ1v) is 8.64. The van der Waals surface area contributed by atoms with E-state index < -0.39 is 35.7 Å². The maximum absolute atomic E-state index is 11.3. The van der Waals surface area contributed by atoms with Gasteiger partial charge in [0.25, 0.3) is 0 Å². The minimum atomic E-state index is -3.81. The molecule has 2 atom stereocenters. The van der Waals surface area contributed by atoms with Crippen LogP contribution in [0.15, 0.2) is 0 Å². The van der Waals surface area contributed by atoms with Crippen molar-refractivity contribution in [2.24, 2.45) is 5.92 Å². The molecule has 0 spiro atoms. The molecule has 88 valence electrons. The first-order valence-electron chi connectivity index (χ1n) is 4.51. The molecule has 0 aromatic carbocycles. The van der Waals surface area contributed by atoms with Crippen molar-refractivity contribution in [1.29, 1.82) is 0 Å². The number of rotatable bonds is 2. The topological polar surface area (TPSA) is 88.5 Å². The fraction of sp³-hybridized carbons (Fsp3) is 1.00. The first-order chi connectivity index (χ1) is 6.68. The Kier molecular flexibility index (Phi) is 2.39. The molecule has 2 rings (SSSR count). The van der Waals surface area contributed by atoms with Crippen molar-refractivity contribution in [1.82, 2.24) is 0 Å². The third-order valence-electron chi connectivity index (χ3n) is 3.23. The summed E-state index contributed by atoms with van der Waals surface area (Å²) in [4.78, 5) is 0. The van der Waals surface area contributed by atoms with E-state index in [1.54, 1.807) is 0 Å². The van der Waals surface area contributed by atoms with Crippen LogP contribution in [0.5, 0.6) is 0 Å². The molecule has 1 N–H and O–H groups in total. The minimum absolute atomic E-state index is 0.278. The molecule has 0 radical (unpaired) electrons. The van der Waals surface area contributed by atoms with Crippen LogP contribution in [0, 0.1) is 5.92 Å². The van der Waals surface area contributed by atoms with Crippen molar-refractivity contribution >= 4 is 29.6 Å². The van der Waals surface area contributed by atoms with Crippen molar-refractivity contribution in [2.75, 3.05) is 11.5 Å². The van der Waals surface area contributed by atoms with Gasteiger partial charge in [-0.1, -0.05) is 0 Å². The third kappa shape index (κ3) is 1.79. The molecule has 0 aromatic rings. The fourth-order valence-electron chi connectivity index (χ4n) is 2.25. The summed E-state index contributed by atoms with van der Waals surface area (Å²) in [6, 6.07) is 0. The Balaban J connectivity index is 2.35. The lowest BCUT2D eigenvalue weighted by Gasteiger charge is -2.21. The van der Waals surface area contributed by atoms with Gasteiger partial charge in [0.15, 0.2) is 9.84 Å². The van der Waals surface area contributed by atoms with Crippen molar-refractivity contribution < 1.29 is 21.9 Å². The molecule has 1 saturated heterocycles. The predicted molar refractivity (Wildman–Crippen MR) is 54.9 cm³/mol. The van der Waals surface area contributed by atoms with E-state index in [0.717, 1.165) is 0 Å². The molecular formula is C7H11ClO5S2. The van der Waals surface area contributed by atoms with Gasteiger partial charge < -0.3 is 5.11 Å². The maximum atomic E-state index is 11.3. The number of hydrogen-bond acceptors (Lipinski definition) is 5. The van der Waals surface area contributed by atoms with Gasteiger partial charge in [0.05, 0.1) is 22.4 Å². The highest BCUT2D eigenvalue weighted by Gasteiger charge is 2.63. The van der Waals surface area contributed by atoms with Gasteiger partial charge in [-0.15, -0.1) is 0 Å². The number of aliphatic hydroxyl groups is 1. The summed E-state index contributed by atoms with van der Waals surface area (Å²) in [6.45, 7) is 0. The molecule has 1 heterocycles.